The van der Waals surface area contributed by atoms with Crippen molar-refractivity contribution in [3.05, 3.63) is 59.7 Å². The molecule has 2 aromatic rings. The number of carbonyl (C=O) groups is 2. The number of aryl methyl sites for hydroxylation is 2. The number of aliphatic hydroxyl groups excluding tert-OH is 1. The Morgan fingerprint density at radius 1 is 0.875 bits per heavy atom. The summed E-state index contributed by atoms with van der Waals surface area (Å²) in [5, 5.41) is 13.1. The molecule has 7 nitrogen and oxygen atoms in total. The summed E-state index contributed by atoms with van der Waals surface area (Å²) in [6, 6.07) is 14.9. The molecule has 0 fully saturated rings. The van der Waals surface area contributed by atoms with Crippen LogP contribution in [0.15, 0.2) is 48.5 Å². The van der Waals surface area contributed by atoms with Crippen molar-refractivity contribution in [2.45, 2.75) is 51.7 Å². The van der Waals surface area contributed by atoms with E-state index in [2.05, 4.69) is 10.1 Å². The van der Waals surface area contributed by atoms with Crippen molar-refractivity contribution in [2.75, 3.05) is 20.3 Å². The molecular formula is C25H33NO6. The number of hydrogen-bond donors (Lipinski definition) is 2. The molecule has 0 spiro atoms. The van der Waals surface area contributed by atoms with E-state index in [0.29, 0.717) is 43.3 Å². The number of carbonyl (C=O) groups excluding carboxylic acids is 2. The molecule has 2 aromatic carbocycles. The molecule has 0 aromatic heterocycles. The van der Waals surface area contributed by atoms with Crippen molar-refractivity contribution in [1.82, 2.24) is 5.32 Å². The van der Waals surface area contributed by atoms with Gasteiger partial charge in [0.15, 0.2) is 0 Å². The van der Waals surface area contributed by atoms with Crippen molar-refractivity contribution >= 4 is 11.9 Å². The molecular weight excluding hydrogens is 410 g/mol. The molecule has 2 rings (SSSR count). The van der Waals surface area contributed by atoms with Crippen LogP contribution in [0.25, 0.3) is 0 Å². The Hall–Kier alpha value is -2.90. The van der Waals surface area contributed by atoms with E-state index in [4.69, 9.17) is 9.47 Å². The number of nitrogens with one attached hydrogen (secondary N) is 1. The van der Waals surface area contributed by atoms with Gasteiger partial charge in [0.2, 0.25) is 0 Å². The van der Waals surface area contributed by atoms with Crippen molar-refractivity contribution in [3.8, 4) is 11.5 Å². The maximum absolute atomic E-state index is 12.1. The van der Waals surface area contributed by atoms with Gasteiger partial charge in [0.05, 0.1) is 7.11 Å². The summed E-state index contributed by atoms with van der Waals surface area (Å²) < 4.78 is 15.6. The molecule has 0 bridgehead atoms. The van der Waals surface area contributed by atoms with E-state index in [0.717, 1.165) is 11.1 Å². The number of rotatable bonds is 13. The van der Waals surface area contributed by atoms with Crippen LogP contribution in [0.2, 0.25) is 0 Å². The quantitative estimate of drug-likeness (QED) is 0.363. The summed E-state index contributed by atoms with van der Waals surface area (Å²) >= 11 is 0. The van der Waals surface area contributed by atoms with Gasteiger partial charge in [0, 0.05) is 25.4 Å². The van der Waals surface area contributed by atoms with Crippen molar-refractivity contribution < 1.29 is 28.9 Å². The summed E-state index contributed by atoms with van der Waals surface area (Å²) in [6.45, 7) is 4.74. The van der Waals surface area contributed by atoms with Crippen LogP contribution < -0.4 is 14.8 Å². The fraction of sp³-hybridized carbons (Fsp3) is 0.440. The fourth-order valence-electron chi connectivity index (χ4n) is 2.88. The van der Waals surface area contributed by atoms with Crippen LogP contribution in [0.3, 0.4) is 0 Å². The van der Waals surface area contributed by atoms with E-state index in [1.54, 1.807) is 12.1 Å². The molecule has 174 valence electrons. The average molecular weight is 444 g/mol. The van der Waals surface area contributed by atoms with Gasteiger partial charge in [-0.2, -0.15) is 0 Å². The predicted molar refractivity (Wildman–Crippen MR) is 122 cm³/mol. The molecule has 1 atom stereocenters. The van der Waals surface area contributed by atoms with E-state index in [1.165, 1.54) is 7.11 Å². The lowest BCUT2D eigenvalue weighted by Crippen LogP contribution is -2.35. The zero-order chi connectivity index (χ0) is 23.3. The van der Waals surface area contributed by atoms with Crippen molar-refractivity contribution in [2.24, 2.45) is 0 Å². The number of esters is 2. The van der Waals surface area contributed by atoms with E-state index in [9.17, 15) is 14.7 Å². The minimum atomic E-state index is -0.575. The molecule has 0 aliphatic rings. The van der Waals surface area contributed by atoms with Gasteiger partial charge in [-0.05, 0) is 48.2 Å². The molecule has 1 unspecified atom stereocenters. The van der Waals surface area contributed by atoms with Crippen molar-refractivity contribution in [3.63, 3.8) is 0 Å². The molecule has 0 heterocycles. The normalized spacial score (nSPS) is 11.8. The van der Waals surface area contributed by atoms with Crippen LogP contribution >= 0.6 is 0 Å². The highest BCUT2D eigenvalue weighted by Crippen LogP contribution is 2.16. The van der Waals surface area contributed by atoms with Crippen LogP contribution in [0.4, 0.5) is 0 Å². The second-order valence-corrected chi connectivity index (χ2v) is 7.87. The SMILES string of the molecule is COC(=O)CCc1ccc(OC(=O)CCc2ccc(OCC(O)CNC(C)C)cc2)cc1. The summed E-state index contributed by atoms with van der Waals surface area (Å²) in [5.74, 6) is 0.586. The highest BCUT2D eigenvalue weighted by molar-refractivity contribution is 5.72. The first kappa shape index (κ1) is 25.4. The van der Waals surface area contributed by atoms with Crippen molar-refractivity contribution in [1.29, 1.82) is 0 Å². The van der Waals surface area contributed by atoms with Gasteiger partial charge in [-0.15, -0.1) is 0 Å². The highest BCUT2D eigenvalue weighted by atomic mass is 16.5. The lowest BCUT2D eigenvalue weighted by molar-refractivity contribution is -0.140. The Balaban J connectivity index is 1.70. The highest BCUT2D eigenvalue weighted by Gasteiger charge is 2.08. The molecule has 0 radical (unpaired) electrons. The summed E-state index contributed by atoms with van der Waals surface area (Å²) in [7, 11) is 1.37. The second kappa shape index (κ2) is 13.5. The molecule has 0 amide bonds. The smallest absolute Gasteiger partial charge is 0.311 e. The maximum atomic E-state index is 12.1. The molecule has 2 N–H and O–H groups in total. The monoisotopic (exact) mass is 443 g/mol. The first-order valence-corrected chi connectivity index (χ1v) is 10.9. The standard InChI is InChI=1S/C25H33NO6/c1-18(2)26-16-21(27)17-31-22-10-4-19(5-11-22)9-15-25(29)32-23-12-6-20(7-13-23)8-14-24(28)30-3/h4-7,10-13,18,21,26-27H,8-9,14-17H2,1-3H3. The van der Waals surface area contributed by atoms with Gasteiger partial charge in [-0.1, -0.05) is 38.1 Å². The van der Waals surface area contributed by atoms with E-state index < -0.39 is 6.10 Å². The van der Waals surface area contributed by atoms with E-state index >= 15 is 0 Å². The van der Waals surface area contributed by atoms with Gasteiger partial charge in [-0.25, -0.2) is 0 Å². The second-order valence-electron chi connectivity index (χ2n) is 7.87. The van der Waals surface area contributed by atoms with Gasteiger partial charge < -0.3 is 24.6 Å². The molecule has 0 aliphatic carbocycles. The van der Waals surface area contributed by atoms with Crippen LogP contribution in [-0.2, 0) is 27.2 Å². The average Bonchev–Trinajstić information content (AvgIpc) is 2.80. The number of methoxy groups -OCH3 is 1. The molecule has 0 aliphatic heterocycles. The Bertz CT molecular complexity index is 833. The van der Waals surface area contributed by atoms with Crippen LogP contribution in [0, 0.1) is 0 Å². The third-order valence-electron chi connectivity index (χ3n) is 4.75. The van der Waals surface area contributed by atoms with Gasteiger partial charge in [0.25, 0.3) is 0 Å². The minimum Gasteiger partial charge on any atom is -0.491 e. The summed E-state index contributed by atoms with van der Waals surface area (Å²) in [6.07, 6.45) is 1.12. The molecule has 7 heteroatoms. The van der Waals surface area contributed by atoms with Gasteiger partial charge in [-0.3, -0.25) is 9.59 Å². The Morgan fingerprint density at radius 2 is 1.41 bits per heavy atom. The fourth-order valence-corrected chi connectivity index (χ4v) is 2.88. The summed E-state index contributed by atoms with van der Waals surface area (Å²) in [5.41, 5.74) is 1.97. The van der Waals surface area contributed by atoms with E-state index in [-0.39, 0.29) is 25.0 Å². The Morgan fingerprint density at radius 3 is 1.94 bits per heavy atom. The zero-order valence-corrected chi connectivity index (χ0v) is 19.0. The third kappa shape index (κ3) is 9.94. The molecule has 0 saturated heterocycles. The maximum Gasteiger partial charge on any atom is 0.311 e. The Kier molecular flexibility index (Phi) is 10.7. The molecule has 0 saturated carbocycles. The Labute approximate surface area is 189 Å². The number of ether oxygens (including phenoxy) is 3. The van der Waals surface area contributed by atoms with E-state index in [1.807, 2.05) is 50.2 Å². The number of aliphatic hydroxyl groups is 1. The predicted octanol–water partition coefficient (Wildman–Crippen LogP) is 3.07. The largest absolute Gasteiger partial charge is 0.491 e. The zero-order valence-electron chi connectivity index (χ0n) is 19.0. The van der Waals surface area contributed by atoms with Gasteiger partial charge >= 0.3 is 11.9 Å². The first-order valence-electron chi connectivity index (χ1n) is 10.9. The lowest BCUT2D eigenvalue weighted by Gasteiger charge is -2.15. The van der Waals surface area contributed by atoms with Crippen LogP contribution in [0.5, 0.6) is 11.5 Å². The lowest BCUT2D eigenvalue weighted by atomic mass is 10.1. The van der Waals surface area contributed by atoms with Gasteiger partial charge in [0.1, 0.15) is 24.2 Å². The third-order valence-corrected chi connectivity index (χ3v) is 4.75. The number of hydrogen-bond acceptors (Lipinski definition) is 7. The minimum absolute atomic E-state index is 0.215. The van der Waals surface area contributed by atoms with Crippen LogP contribution in [0.1, 0.15) is 37.8 Å². The topological polar surface area (TPSA) is 94.1 Å². The number of benzene rings is 2. The van der Waals surface area contributed by atoms with Crippen LogP contribution in [-0.4, -0.2) is 49.5 Å². The molecule has 32 heavy (non-hydrogen) atoms. The first-order chi connectivity index (χ1) is 15.4. The summed E-state index contributed by atoms with van der Waals surface area (Å²) in [4.78, 5) is 23.3.